The van der Waals surface area contributed by atoms with Gasteiger partial charge in [-0.3, -0.25) is 4.79 Å². The fourth-order valence-corrected chi connectivity index (χ4v) is 2.41. The lowest BCUT2D eigenvalue weighted by Gasteiger charge is -2.08. The van der Waals surface area contributed by atoms with Gasteiger partial charge in [0.25, 0.3) is 0 Å². The summed E-state index contributed by atoms with van der Waals surface area (Å²) in [6.45, 7) is 2.93. The third-order valence-electron chi connectivity index (χ3n) is 3.05. The Balaban J connectivity index is 2.49. The number of nitrogens with one attached hydrogen (secondary N) is 2. The van der Waals surface area contributed by atoms with Crippen LogP contribution in [0.1, 0.15) is 19.8 Å². The predicted molar refractivity (Wildman–Crippen MR) is 90.8 cm³/mol. The van der Waals surface area contributed by atoms with Gasteiger partial charge in [-0.25, -0.2) is 14.6 Å². The number of unbranched alkanes of at least 4 members (excludes halogenated alkanes) is 1. The monoisotopic (exact) mass is 342 g/mol. The number of aromatic nitrogens is 4. The topological polar surface area (TPSA) is 84.7 Å². The van der Waals surface area contributed by atoms with E-state index in [9.17, 15) is 4.79 Å². The lowest BCUT2D eigenvalue weighted by Crippen LogP contribution is -2.14. The van der Waals surface area contributed by atoms with Crippen molar-refractivity contribution < 1.29 is 4.79 Å². The van der Waals surface area contributed by atoms with E-state index in [0.29, 0.717) is 27.8 Å². The molecule has 22 heavy (non-hydrogen) atoms. The van der Waals surface area contributed by atoms with Crippen molar-refractivity contribution in [1.82, 2.24) is 19.7 Å². The van der Waals surface area contributed by atoms with Crippen molar-refractivity contribution in [3.63, 3.8) is 0 Å². The molecule has 0 fully saturated rings. The molecule has 0 aliphatic carbocycles. The Morgan fingerprint density at radius 1 is 1.36 bits per heavy atom. The summed E-state index contributed by atoms with van der Waals surface area (Å²) < 4.78 is 1.63. The highest BCUT2D eigenvalue weighted by atomic mass is 35.5. The number of rotatable bonds is 7. The summed E-state index contributed by atoms with van der Waals surface area (Å²) in [4.78, 5) is 20.5. The molecule has 0 aliphatic heterocycles. The Labute approximate surface area is 138 Å². The van der Waals surface area contributed by atoms with E-state index in [4.69, 9.17) is 11.6 Å². The maximum absolute atomic E-state index is 11.6. The van der Waals surface area contributed by atoms with Gasteiger partial charge < -0.3 is 10.6 Å². The molecule has 0 saturated heterocycles. The highest BCUT2D eigenvalue weighted by Crippen LogP contribution is 2.29. The highest BCUT2D eigenvalue weighted by Gasteiger charge is 2.18. The second-order valence-electron chi connectivity index (χ2n) is 4.69. The Kier molecular flexibility index (Phi) is 5.84. The molecule has 2 aromatic rings. The number of carbonyl (C=O) groups excluding carboxylic acids is 1. The van der Waals surface area contributed by atoms with Crippen LogP contribution in [-0.2, 0) is 11.8 Å². The van der Waals surface area contributed by atoms with Crippen molar-refractivity contribution in [3.05, 3.63) is 0 Å². The van der Waals surface area contributed by atoms with Crippen LogP contribution in [0.4, 0.5) is 11.6 Å². The van der Waals surface area contributed by atoms with Crippen molar-refractivity contribution in [2.24, 2.45) is 7.05 Å². The maximum Gasteiger partial charge on any atom is 0.240 e. The molecule has 0 aromatic carbocycles. The summed E-state index contributed by atoms with van der Waals surface area (Å²) in [5.74, 6) is 0.672. The largest absolute Gasteiger partial charge is 0.369 e. The number of aryl methyl sites for hydroxylation is 1. The summed E-state index contributed by atoms with van der Waals surface area (Å²) in [5, 5.41) is 11.7. The summed E-state index contributed by atoms with van der Waals surface area (Å²) in [5.41, 5.74) is 0.670. The number of nitrogens with zero attached hydrogens (tertiary/aromatic N) is 4. The van der Waals surface area contributed by atoms with Crippen LogP contribution in [-0.4, -0.2) is 44.3 Å². The maximum atomic E-state index is 11.6. The predicted octanol–water partition coefficient (Wildman–Crippen LogP) is 2.47. The third kappa shape index (κ3) is 3.61. The van der Waals surface area contributed by atoms with Gasteiger partial charge in [0.15, 0.2) is 16.6 Å². The molecular formula is C13H19ClN6OS. The van der Waals surface area contributed by atoms with Gasteiger partial charge in [-0.05, 0) is 12.7 Å². The molecule has 1 amide bonds. The summed E-state index contributed by atoms with van der Waals surface area (Å²) in [6, 6.07) is 0. The molecule has 9 heteroatoms. The van der Waals surface area contributed by atoms with Crippen LogP contribution in [0.2, 0.25) is 0 Å². The zero-order valence-electron chi connectivity index (χ0n) is 12.8. The van der Waals surface area contributed by atoms with Gasteiger partial charge in [-0.15, -0.1) is 11.6 Å². The second-order valence-corrected chi connectivity index (χ2v) is 5.73. The molecule has 0 bridgehead atoms. The summed E-state index contributed by atoms with van der Waals surface area (Å²) >= 11 is 7.01. The zero-order valence-corrected chi connectivity index (χ0v) is 14.4. The third-order valence-corrected chi connectivity index (χ3v) is 3.84. The number of anilines is 2. The number of hydrogen-bond acceptors (Lipinski definition) is 6. The van der Waals surface area contributed by atoms with Crippen LogP contribution in [0.5, 0.6) is 0 Å². The standard InChI is InChI=1S/C13H19ClN6OS/c1-4-5-6-15-10-9-11(16-8(21)7-14)19-20(2)12(9)18-13(17-10)22-3/h4-7H2,1-3H3,(H,15,17,18)(H,16,19,21). The first-order valence-electron chi connectivity index (χ1n) is 6.99. The van der Waals surface area contributed by atoms with E-state index in [0.717, 1.165) is 19.4 Å². The SMILES string of the molecule is CCCCNc1nc(SC)nc2c1c(NC(=O)CCl)nn2C. The second kappa shape index (κ2) is 7.64. The Bertz CT molecular complexity index is 674. The lowest BCUT2D eigenvalue weighted by atomic mass is 10.3. The van der Waals surface area contributed by atoms with Crippen molar-refractivity contribution in [2.75, 3.05) is 29.3 Å². The van der Waals surface area contributed by atoms with Crippen LogP contribution in [0.25, 0.3) is 11.0 Å². The Morgan fingerprint density at radius 2 is 2.14 bits per heavy atom. The molecular weight excluding hydrogens is 324 g/mol. The molecule has 2 rings (SSSR count). The zero-order chi connectivity index (χ0) is 16.1. The molecule has 0 aliphatic rings. The van der Waals surface area contributed by atoms with Crippen molar-refractivity contribution in [3.8, 4) is 0 Å². The summed E-state index contributed by atoms with van der Waals surface area (Å²) in [7, 11) is 1.78. The van der Waals surface area contributed by atoms with Crippen molar-refractivity contribution >= 4 is 51.9 Å². The molecule has 0 saturated carbocycles. The van der Waals surface area contributed by atoms with Gasteiger partial charge >= 0.3 is 0 Å². The molecule has 2 N–H and O–H groups in total. The van der Waals surface area contributed by atoms with Gasteiger partial charge in [0.05, 0.1) is 0 Å². The smallest absolute Gasteiger partial charge is 0.240 e. The van der Waals surface area contributed by atoms with E-state index >= 15 is 0 Å². The Hall–Kier alpha value is -1.54. The molecule has 0 radical (unpaired) electrons. The van der Waals surface area contributed by atoms with Crippen LogP contribution in [0.3, 0.4) is 0 Å². The molecule has 120 valence electrons. The highest BCUT2D eigenvalue weighted by molar-refractivity contribution is 7.98. The molecule has 2 aromatic heterocycles. The molecule has 7 nitrogen and oxygen atoms in total. The van der Waals surface area contributed by atoms with Crippen LogP contribution >= 0.6 is 23.4 Å². The summed E-state index contributed by atoms with van der Waals surface area (Å²) in [6.07, 6.45) is 4.03. The van der Waals surface area contributed by atoms with Gasteiger partial charge in [-0.1, -0.05) is 25.1 Å². The average Bonchev–Trinajstić information content (AvgIpc) is 2.83. The number of halogens is 1. The number of carbonyl (C=O) groups is 1. The molecule has 0 spiro atoms. The first-order valence-corrected chi connectivity index (χ1v) is 8.75. The van der Waals surface area contributed by atoms with Crippen molar-refractivity contribution in [1.29, 1.82) is 0 Å². The first-order chi connectivity index (χ1) is 10.6. The fraction of sp³-hybridized carbons (Fsp3) is 0.538. The van der Waals surface area contributed by atoms with Crippen LogP contribution < -0.4 is 10.6 Å². The van der Waals surface area contributed by atoms with Gasteiger partial charge in [0, 0.05) is 13.6 Å². The Morgan fingerprint density at radius 3 is 2.77 bits per heavy atom. The number of hydrogen-bond donors (Lipinski definition) is 2. The molecule has 2 heterocycles. The minimum absolute atomic E-state index is 0.125. The average molecular weight is 343 g/mol. The first kappa shape index (κ1) is 16.8. The van der Waals surface area contributed by atoms with Gasteiger partial charge in [0.1, 0.15) is 17.1 Å². The quantitative estimate of drug-likeness (QED) is 0.348. The number of alkyl halides is 1. The van der Waals surface area contributed by atoms with Gasteiger partial charge in [-0.2, -0.15) is 5.10 Å². The van der Waals surface area contributed by atoms with Crippen LogP contribution in [0.15, 0.2) is 5.16 Å². The number of fused-ring (bicyclic) bond motifs is 1. The number of amides is 1. The van der Waals surface area contributed by atoms with E-state index in [-0.39, 0.29) is 11.8 Å². The fourth-order valence-electron chi connectivity index (χ4n) is 1.98. The normalized spacial score (nSPS) is 10.9. The van der Waals surface area contributed by atoms with E-state index in [1.807, 2.05) is 6.26 Å². The van der Waals surface area contributed by atoms with Crippen molar-refractivity contribution in [2.45, 2.75) is 24.9 Å². The van der Waals surface area contributed by atoms with Crippen LogP contribution in [0, 0.1) is 0 Å². The van der Waals surface area contributed by atoms with E-state index in [1.165, 1.54) is 11.8 Å². The van der Waals surface area contributed by atoms with E-state index in [2.05, 4.69) is 32.6 Å². The minimum atomic E-state index is -0.310. The van der Waals surface area contributed by atoms with Gasteiger partial charge in [0.2, 0.25) is 5.91 Å². The number of thioether (sulfide) groups is 1. The van der Waals surface area contributed by atoms with E-state index in [1.54, 1.807) is 11.7 Å². The molecule has 0 unspecified atom stereocenters. The molecule has 0 atom stereocenters. The minimum Gasteiger partial charge on any atom is -0.369 e. The lowest BCUT2D eigenvalue weighted by molar-refractivity contribution is -0.113. The van der Waals surface area contributed by atoms with E-state index < -0.39 is 0 Å².